The SMILES string of the molecule is CCOc1ccc(C=NNC(=O)c2cc(Cl)ccc2O)cc1OC. The van der Waals surface area contributed by atoms with Gasteiger partial charge in [0.2, 0.25) is 0 Å². The van der Waals surface area contributed by atoms with E-state index in [9.17, 15) is 9.90 Å². The van der Waals surface area contributed by atoms with Crippen LogP contribution in [0.2, 0.25) is 5.02 Å². The number of hydrogen-bond donors (Lipinski definition) is 2. The predicted octanol–water partition coefficient (Wildman–Crippen LogP) is 3.22. The van der Waals surface area contributed by atoms with Gasteiger partial charge in [0, 0.05) is 5.02 Å². The second-order valence-corrected chi connectivity index (χ2v) is 5.14. The molecule has 0 fully saturated rings. The van der Waals surface area contributed by atoms with Crippen LogP contribution in [0.3, 0.4) is 0 Å². The zero-order valence-electron chi connectivity index (χ0n) is 13.2. The average molecular weight is 349 g/mol. The number of carbonyl (C=O) groups excluding carboxylic acids is 1. The number of hydrogen-bond acceptors (Lipinski definition) is 5. The second kappa shape index (κ2) is 8.21. The molecule has 0 unspecified atom stereocenters. The molecule has 24 heavy (non-hydrogen) atoms. The van der Waals surface area contributed by atoms with Crippen molar-refractivity contribution in [2.75, 3.05) is 13.7 Å². The van der Waals surface area contributed by atoms with Crippen molar-refractivity contribution in [2.24, 2.45) is 5.10 Å². The first-order chi connectivity index (χ1) is 11.5. The number of benzene rings is 2. The minimum Gasteiger partial charge on any atom is -0.507 e. The molecule has 0 aliphatic heterocycles. The van der Waals surface area contributed by atoms with Crippen LogP contribution in [0.1, 0.15) is 22.8 Å². The third kappa shape index (κ3) is 4.39. The Bertz CT molecular complexity index is 762. The van der Waals surface area contributed by atoms with Gasteiger partial charge in [-0.05, 0) is 48.9 Å². The zero-order valence-corrected chi connectivity index (χ0v) is 14.0. The van der Waals surface area contributed by atoms with E-state index >= 15 is 0 Å². The molecule has 2 aromatic carbocycles. The number of hydrazone groups is 1. The number of amides is 1. The first-order valence-electron chi connectivity index (χ1n) is 7.18. The first kappa shape index (κ1) is 17.6. The lowest BCUT2D eigenvalue weighted by Gasteiger charge is -2.09. The smallest absolute Gasteiger partial charge is 0.275 e. The molecular weight excluding hydrogens is 332 g/mol. The number of halogens is 1. The highest BCUT2D eigenvalue weighted by molar-refractivity contribution is 6.31. The van der Waals surface area contributed by atoms with Crippen LogP contribution >= 0.6 is 11.6 Å². The number of phenols is 1. The number of phenolic OH excluding ortho intramolecular Hbond substituents is 1. The minimum absolute atomic E-state index is 0.0453. The van der Waals surface area contributed by atoms with Crippen LogP contribution in [0, 0.1) is 0 Å². The second-order valence-electron chi connectivity index (χ2n) is 4.70. The van der Waals surface area contributed by atoms with Gasteiger partial charge < -0.3 is 14.6 Å². The molecule has 0 radical (unpaired) electrons. The maximum absolute atomic E-state index is 12.0. The summed E-state index contributed by atoms with van der Waals surface area (Å²) in [5, 5.41) is 13.9. The number of ether oxygens (including phenoxy) is 2. The summed E-state index contributed by atoms with van der Waals surface area (Å²) in [4.78, 5) is 12.0. The van der Waals surface area contributed by atoms with Crippen LogP contribution < -0.4 is 14.9 Å². The van der Waals surface area contributed by atoms with Gasteiger partial charge >= 0.3 is 0 Å². The van der Waals surface area contributed by atoms with E-state index in [0.29, 0.717) is 28.7 Å². The summed E-state index contributed by atoms with van der Waals surface area (Å²) < 4.78 is 10.7. The molecule has 0 saturated heterocycles. The number of rotatable bonds is 6. The highest BCUT2D eigenvalue weighted by atomic mass is 35.5. The van der Waals surface area contributed by atoms with E-state index < -0.39 is 5.91 Å². The highest BCUT2D eigenvalue weighted by Gasteiger charge is 2.10. The fraction of sp³-hybridized carbons (Fsp3) is 0.176. The van der Waals surface area contributed by atoms with Crippen molar-refractivity contribution in [3.8, 4) is 17.2 Å². The maximum Gasteiger partial charge on any atom is 0.275 e. The lowest BCUT2D eigenvalue weighted by atomic mass is 10.2. The van der Waals surface area contributed by atoms with Crippen LogP contribution in [-0.4, -0.2) is 30.9 Å². The fourth-order valence-corrected chi connectivity index (χ4v) is 2.13. The van der Waals surface area contributed by atoms with E-state index in [2.05, 4.69) is 10.5 Å². The third-order valence-corrected chi connectivity index (χ3v) is 3.31. The van der Waals surface area contributed by atoms with E-state index in [-0.39, 0.29) is 11.3 Å². The van der Waals surface area contributed by atoms with E-state index in [4.69, 9.17) is 21.1 Å². The van der Waals surface area contributed by atoms with Crippen molar-refractivity contribution in [1.82, 2.24) is 5.43 Å². The Labute approximate surface area is 144 Å². The number of nitrogens with zero attached hydrogens (tertiary/aromatic N) is 1. The van der Waals surface area contributed by atoms with Crippen LogP contribution in [0.25, 0.3) is 0 Å². The normalized spacial score (nSPS) is 10.6. The van der Waals surface area contributed by atoms with Gasteiger partial charge in [-0.25, -0.2) is 5.43 Å². The quantitative estimate of drug-likeness (QED) is 0.620. The van der Waals surface area contributed by atoms with Gasteiger partial charge in [0.15, 0.2) is 11.5 Å². The van der Waals surface area contributed by atoms with Gasteiger partial charge in [0.05, 0.1) is 25.5 Å². The molecule has 0 bridgehead atoms. The van der Waals surface area contributed by atoms with Crippen molar-refractivity contribution in [3.63, 3.8) is 0 Å². The number of nitrogens with one attached hydrogen (secondary N) is 1. The number of aromatic hydroxyl groups is 1. The predicted molar refractivity (Wildman–Crippen MR) is 92.3 cm³/mol. The van der Waals surface area contributed by atoms with Crippen molar-refractivity contribution in [3.05, 3.63) is 52.5 Å². The highest BCUT2D eigenvalue weighted by Crippen LogP contribution is 2.27. The van der Waals surface area contributed by atoms with Crippen molar-refractivity contribution in [1.29, 1.82) is 0 Å². The van der Waals surface area contributed by atoms with Crippen LogP contribution in [0.5, 0.6) is 17.2 Å². The molecule has 7 heteroatoms. The Morgan fingerprint density at radius 1 is 1.29 bits per heavy atom. The summed E-state index contributed by atoms with van der Waals surface area (Å²) in [5.41, 5.74) is 3.09. The molecule has 0 spiro atoms. The third-order valence-electron chi connectivity index (χ3n) is 3.07. The Morgan fingerprint density at radius 2 is 2.08 bits per heavy atom. The Hall–Kier alpha value is -2.73. The number of carbonyl (C=O) groups is 1. The first-order valence-corrected chi connectivity index (χ1v) is 7.55. The average Bonchev–Trinajstić information content (AvgIpc) is 2.58. The summed E-state index contributed by atoms with van der Waals surface area (Å²) in [7, 11) is 1.54. The Kier molecular flexibility index (Phi) is 6.03. The Balaban J connectivity index is 2.08. The van der Waals surface area contributed by atoms with Crippen LogP contribution in [0.4, 0.5) is 0 Å². The van der Waals surface area contributed by atoms with Crippen molar-refractivity contribution in [2.45, 2.75) is 6.92 Å². The molecule has 6 nitrogen and oxygen atoms in total. The molecule has 0 atom stereocenters. The number of methoxy groups -OCH3 is 1. The molecule has 2 rings (SSSR count). The molecule has 1 amide bonds. The summed E-state index contributed by atoms with van der Waals surface area (Å²) >= 11 is 5.81. The van der Waals surface area contributed by atoms with Crippen LogP contribution in [-0.2, 0) is 0 Å². The molecule has 0 aliphatic rings. The molecule has 0 aliphatic carbocycles. The van der Waals surface area contributed by atoms with Crippen molar-refractivity contribution >= 4 is 23.7 Å². The molecule has 2 N–H and O–H groups in total. The largest absolute Gasteiger partial charge is 0.507 e. The fourth-order valence-electron chi connectivity index (χ4n) is 1.96. The lowest BCUT2D eigenvalue weighted by molar-refractivity contribution is 0.0952. The molecule has 2 aromatic rings. The van der Waals surface area contributed by atoms with Gasteiger partial charge in [-0.1, -0.05) is 11.6 Å². The van der Waals surface area contributed by atoms with Gasteiger partial charge in [-0.15, -0.1) is 0 Å². The zero-order chi connectivity index (χ0) is 17.5. The molecular formula is C17H17ClN2O4. The van der Waals surface area contributed by atoms with Gasteiger partial charge in [0.1, 0.15) is 5.75 Å². The Morgan fingerprint density at radius 3 is 2.79 bits per heavy atom. The monoisotopic (exact) mass is 348 g/mol. The van der Waals surface area contributed by atoms with E-state index in [0.717, 1.165) is 0 Å². The minimum atomic E-state index is -0.566. The molecule has 0 saturated carbocycles. The topological polar surface area (TPSA) is 80.2 Å². The van der Waals surface area contributed by atoms with Crippen molar-refractivity contribution < 1.29 is 19.4 Å². The summed E-state index contributed by atoms with van der Waals surface area (Å²) in [6, 6.07) is 9.47. The lowest BCUT2D eigenvalue weighted by Crippen LogP contribution is -2.17. The van der Waals surface area contributed by atoms with Gasteiger partial charge in [-0.3, -0.25) is 4.79 Å². The summed E-state index contributed by atoms with van der Waals surface area (Å²) in [6.45, 7) is 2.42. The molecule has 0 aromatic heterocycles. The van der Waals surface area contributed by atoms with E-state index in [1.54, 1.807) is 25.3 Å². The summed E-state index contributed by atoms with van der Waals surface area (Å²) in [6.07, 6.45) is 1.46. The standard InChI is InChI=1S/C17H17ClN2O4/c1-3-24-15-7-4-11(8-16(15)23-2)10-19-20-17(22)13-9-12(18)5-6-14(13)21/h4-10,21H,3H2,1-2H3,(H,20,22). The molecule has 0 heterocycles. The van der Waals surface area contributed by atoms with Crippen LogP contribution in [0.15, 0.2) is 41.5 Å². The maximum atomic E-state index is 12.0. The van der Waals surface area contributed by atoms with Gasteiger partial charge in [0.25, 0.3) is 5.91 Å². The molecule has 126 valence electrons. The van der Waals surface area contributed by atoms with Gasteiger partial charge in [-0.2, -0.15) is 5.10 Å². The van der Waals surface area contributed by atoms with E-state index in [1.165, 1.54) is 24.4 Å². The summed E-state index contributed by atoms with van der Waals surface area (Å²) in [5.74, 6) is 0.462. The van der Waals surface area contributed by atoms with E-state index in [1.807, 2.05) is 6.92 Å².